The zero-order valence-corrected chi connectivity index (χ0v) is 15.4. The highest BCUT2D eigenvalue weighted by molar-refractivity contribution is 9.10. The van der Waals surface area contributed by atoms with E-state index in [0.717, 1.165) is 21.7 Å². The second-order valence-corrected chi connectivity index (χ2v) is 7.32. The molecule has 2 aromatic carbocycles. The Morgan fingerprint density at radius 3 is 2.71 bits per heavy atom. The third-order valence-corrected chi connectivity index (χ3v) is 5.04. The fraction of sp³-hybridized carbons (Fsp3) is 0.278. The fourth-order valence-corrected chi connectivity index (χ4v) is 3.37. The Morgan fingerprint density at radius 2 is 1.92 bits per heavy atom. The van der Waals surface area contributed by atoms with Crippen molar-refractivity contribution in [1.82, 2.24) is 5.32 Å². The maximum Gasteiger partial charge on any atom is 0.230 e. The minimum Gasteiger partial charge on any atom is -0.486 e. The van der Waals surface area contributed by atoms with Crippen LogP contribution >= 0.6 is 27.7 Å². The third-order valence-electron chi connectivity index (χ3n) is 3.51. The molecule has 0 unspecified atom stereocenters. The van der Waals surface area contributed by atoms with Crippen molar-refractivity contribution >= 4 is 33.6 Å². The molecule has 3 rings (SSSR count). The Kier molecular flexibility index (Phi) is 6.04. The van der Waals surface area contributed by atoms with E-state index in [1.807, 2.05) is 36.4 Å². The summed E-state index contributed by atoms with van der Waals surface area (Å²) in [5.41, 5.74) is 1.21. The Balaban J connectivity index is 1.36. The highest BCUT2D eigenvalue weighted by atomic mass is 79.9. The highest BCUT2D eigenvalue weighted by Crippen LogP contribution is 2.30. The molecule has 6 heteroatoms. The van der Waals surface area contributed by atoms with Crippen LogP contribution in [0.5, 0.6) is 11.5 Å². The summed E-state index contributed by atoms with van der Waals surface area (Å²) in [5.74, 6) is 2.74. The van der Waals surface area contributed by atoms with Crippen molar-refractivity contribution in [2.45, 2.75) is 11.9 Å². The second kappa shape index (κ2) is 8.44. The van der Waals surface area contributed by atoms with E-state index < -0.39 is 0 Å². The van der Waals surface area contributed by atoms with E-state index in [4.69, 9.17) is 9.47 Å². The minimum atomic E-state index is -0.152. The van der Waals surface area contributed by atoms with Crippen molar-refractivity contribution < 1.29 is 14.3 Å². The topological polar surface area (TPSA) is 47.6 Å². The number of carbonyl (C=O) groups excluding carboxylic acids is 1. The van der Waals surface area contributed by atoms with E-state index in [2.05, 4.69) is 33.4 Å². The van der Waals surface area contributed by atoms with Crippen molar-refractivity contribution in [2.24, 2.45) is 0 Å². The summed E-state index contributed by atoms with van der Waals surface area (Å²) in [6.45, 7) is 0.898. The summed E-state index contributed by atoms with van der Waals surface area (Å²) < 4.78 is 12.5. The molecule has 2 aromatic rings. The molecule has 0 radical (unpaired) electrons. The van der Waals surface area contributed by atoms with Gasteiger partial charge in [0.05, 0.1) is 12.3 Å². The van der Waals surface area contributed by atoms with E-state index in [1.54, 1.807) is 11.8 Å². The molecule has 0 aliphatic carbocycles. The molecule has 0 aromatic heterocycles. The number of thioether (sulfide) groups is 1. The quantitative estimate of drug-likeness (QED) is 0.793. The molecule has 1 aliphatic rings. The van der Waals surface area contributed by atoms with Crippen molar-refractivity contribution in [3.8, 4) is 11.5 Å². The number of ether oxygens (including phenoxy) is 2. The Hall–Kier alpha value is -1.66. The number of hydrogen-bond acceptors (Lipinski definition) is 4. The lowest BCUT2D eigenvalue weighted by Gasteiger charge is -2.26. The second-order valence-electron chi connectivity index (χ2n) is 5.42. The number of rotatable bonds is 6. The normalized spacial score (nSPS) is 15.8. The molecule has 24 heavy (non-hydrogen) atoms. The van der Waals surface area contributed by atoms with Crippen LogP contribution in [0.15, 0.2) is 53.0 Å². The molecule has 4 nitrogen and oxygen atoms in total. The van der Waals surface area contributed by atoms with Gasteiger partial charge in [0, 0.05) is 10.2 Å². The van der Waals surface area contributed by atoms with Crippen LogP contribution < -0.4 is 14.8 Å². The molecule has 0 spiro atoms. The van der Waals surface area contributed by atoms with Crippen LogP contribution in [0.25, 0.3) is 0 Å². The number of carbonyl (C=O) groups is 1. The van der Waals surface area contributed by atoms with Crippen LogP contribution in [0.1, 0.15) is 5.56 Å². The van der Waals surface area contributed by atoms with Crippen LogP contribution in [0, 0.1) is 0 Å². The number of benzene rings is 2. The van der Waals surface area contributed by atoms with Gasteiger partial charge in [0.25, 0.3) is 0 Å². The first-order valence-corrected chi connectivity index (χ1v) is 9.63. The number of hydrogen-bond donors (Lipinski definition) is 1. The average Bonchev–Trinajstić information content (AvgIpc) is 2.61. The molecule has 0 saturated heterocycles. The first-order valence-electron chi connectivity index (χ1n) is 7.68. The lowest BCUT2D eigenvalue weighted by molar-refractivity contribution is -0.119. The summed E-state index contributed by atoms with van der Waals surface area (Å²) in [6.07, 6.45) is -0.152. The van der Waals surface area contributed by atoms with E-state index in [9.17, 15) is 4.79 Å². The first-order chi connectivity index (χ1) is 11.7. The van der Waals surface area contributed by atoms with Crippen molar-refractivity contribution in [3.63, 3.8) is 0 Å². The molecule has 0 bridgehead atoms. The fourth-order valence-electron chi connectivity index (χ4n) is 2.28. The standard InChI is InChI=1S/C18H18BrNO3S/c19-14-7-5-13(6-8-14)11-24-12-18(21)20-9-15-10-22-16-3-1-2-4-17(16)23-15/h1-8,15H,9-12H2,(H,20,21)/t15-/m1/s1. The molecule has 1 aliphatic heterocycles. The van der Waals surface area contributed by atoms with Crippen molar-refractivity contribution in [3.05, 3.63) is 58.6 Å². The smallest absolute Gasteiger partial charge is 0.230 e. The monoisotopic (exact) mass is 407 g/mol. The predicted molar refractivity (Wildman–Crippen MR) is 99.7 cm³/mol. The van der Waals surface area contributed by atoms with Crippen LogP contribution in [-0.4, -0.2) is 30.9 Å². The Bertz CT molecular complexity index is 693. The summed E-state index contributed by atoms with van der Waals surface area (Å²) in [6, 6.07) is 15.7. The summed E-state index contributed by atoms with van der Waals surface area (Å²) in [4.78, 5) is 11.9. The highest BCUT2D eigenvalue weighted by Gasteiger charge is 2.20. The lowest BCUT2D eigenvalue weighted by atomic mass is 10.2. The largest absolute Gasteiger partial charge is 0.486 e. The molecular weight excluding hydrogens is 390 g/mol. The SMILES string of the molecule is O=C(CSCc1ccc(Br)cc1)NC[C@@H]1COc2ccccc2O1. The van der Waals surface area contributed by atoms with Crippen LogP contribution in [0.2, 0.25) is 0 Å². The number of nitrogens with one attached hydrogen (secondary N) is 1. The van der Waals surface area contributed by atoms with Gasteiger partial charge in [-0.05, 0) is 29.8 Å². The van der Waals surface area contributed by atoms with Gasteiger partial charge < -0.3 is 14.8 Å². The average molecular weight is 408 g/mol. The number of halogens is 1. The summed E-state index contributed by atoms with van der Waals surface area (Å²) in [5, 5.41) is 2.91. The zero-order valence-electron chi connectivity index (χ0n) is 13.0. The number of amides is 1. The maximum absolute atomic E-state index is 11.9. The van der Waals surface area contributed by atoms with E-state index in [1.165, 1.54) is 5.56 Å². The van der Waals surface area contributed by atoms with E-state index >= 15 is 0 Å². The maximum atomic E-state index is 11.9. The van der Waals surface area contributed by atoms with Gasteiger partial charge in [-0.3, -0.25) is 4.79 Å². The van der Waals surface area contributed by atoms with Crippen LogP contribution in [0.4, 0.5) is 0 Å². The molecular formula is C18H18BrNO3S. The van der Waals surface area contributed by atoms with Crippen molar-refractivity contribution in [1.29, 1.82) is 0 Å². The predicted octanol–water partition coefficient (Wildman–Crippen LogP) is 3.64. The molecule has 126 valence electrons. The summed E-state index contributed by atoms with van der Waals surface area (Å²) in [7, 11) is 0. The van der Waals surface area contributed by atoms with Crippen LogP contribution in [0.3, 0.4) is 0 Å². The lowest BCUT2D eigenvalue weighted by Crippen LogP contribution is -2.41. The zero-order chi connectivity index (χ0) is 16.8. The van der Waals surface area contributed by atoms with Gasteiger partial charge in [0.15, 0.2) is 11.5 Å². The molecule has 1 N–H and O–H groups in total. The van der Waals surface area contributed by atoms with Crippen LogP contribution in [-0.2, 0) is 10.5 Å². The Labute approximate surface area is 154 Å². The third kappa shape index (κ3) is 4.92. The van der Waals surface area contributed by atoms with Gasteiger partial charge in [-0.2, -0.15) is 0 Å². The summed E-state index contributed by atoms with van der Waals surface area (Å²) >= 11 is 5.01. The van der Waals surface area contributed by atoms with E-state index in [0.29, 0.717) is 18.9 Å². The van der Waals surface area contributed by atoms with Gasteiger partial charge in [-0.25, -0.2) is 0 Å². The molecule has 0 fully saturated rings. The van der Waals surface area contributed by atoms with Gasteiger partial charge in [0.1, 0.15) is 12.7 Å². The van der Waals surface area contributed by atoms with E-state index in [-0.39, 0.29) is 12.0 Å². The molecule has 1 amide bonds. The van der Waals surface area contributed by atoms with Crippen molar-refractivity contribution in [2.75, 3.05) is 18.9 Å². The number of para-hydroxylation sites is 2. The van der Waals surface area contributed by atoms with Gasteiger partial charge >= 0.3 is 0 Å². The minimum absolute atomic E-state index is 0.0135. The molecule has 1 atom stereocenters. The van der Waals surface area contributed by atoms with Gasteiger partial charge in [-0.1, -0.05) is 40.2 Å². The Morgan fingerprint density at radius 1 is 1.17 bits per heavy atom. The van der Waals surface area contributed by atoms with Gasteiger partial charge in [0.2, 0.25) is 5.91 Å². The van der Waals surface area contributed by atoms with Gasteiger partial charge in [-0.15, -0.1) is 11.8 Å². The molecule has 0 saturated carbocycles. The first kappa shape index (κ1) is 17.2. The molecule has 1 heterocycles. The number of fused-ring (bicyclic) bond motifs is 1.